The predicted molar refractivity (Wildman–Crippen MR) is 48.5 cm³/mol. The molecule has 0 fully saturated rings. The van der Waals surface area contributed by atoms with Gasteiger partial charge >= 0.3 is 0 Å². The van der Waals surface area contributed by atoms with Crippen molar-refractivity contribution in [1.82, 2.24) is 0 Å². The highest BCUT2D eigenvalue weighted by atomic mass is 79.9. The maximum Gasteiger partial charge on any atom is 0.102 e. The number of quaternary nitrogens is 1. The minimum absolute atomic E-state index is 0. The van der Waals surface area contributed by atoms with Crippen molar-refractivity contribution < 1.29 is 26.2 Å². The van der Waals surface area contributed by atoms with Crippen LogP contribution in [0.5, 0.6) is 0 Å². The van der Waals surface area contributed by atoms with Crippen LogP contribution < -0.4 is 17.0 Å². The van der Waals surface area contributed by atoms with E-state index in [1.807, 2.05) is 6.92 Å². The molecule has 0 radical (unpaired) electrons. The van der Waals surface area contributed by atoms with Crippen LogP contribution in [0.4, 0.5) is 0 Å². The molecule has 0 bridgehead atoms. The molecule has 12 heavy (non-hydrogen) atoms. The molecule has 0 aliphatic carbocycles. The summed E-state index contributed by atoms with van der Waals surface area (Å²) >= 11 is 0. The Morgan fingerprint density at radius 1 is 1.33 bits per heavy atom. The largest absolute Gasteiger partial charge is 1.00 e. The number of likely N-dealkylation sites (N-methyl/N-ethyl adjacent to an activating group) is 1. The second-order valence-corrected chi connectivity index (χ2v) is 4.02. The van der Waals surface area contributed by atoms with Crippen molar-refractivity contribution in [3.63, 3.8) is 0 Å². The maximum absolute atomic E-state index is 5.36. The SMILES string of the molecule is C=C(C)COCC[N+](C)(C)C.[Br-]. The van der Waals surface area contributed by atoms with Crippen molar-refractivity contribution in [2.24, 2.45) is 0 Å². The van der Waals surface area contributed by atoms with Crippen LogP contribution in [0, 0.1) is 0 Å². The van der Waals surface area contributed by atoms with Gasteiger partial charge in [0.1, 0.15) is 6.54 Å². The number of ether oxygens (including phenoxy) is 1. The van der Waals surface area contributed by atoms with Crippen LogP contribution in [-0.4, -0.2) is 45.4 Å². The lowest BCUT2D eigenvalue weighted by molar-refractivity contribution is -0.870. The average molecular weight is 238 g/mol. The molecule has 0 aromatic heterocycles. The fourth-order valence-corrected chi connectivity index (χ4v) is 0.585. The van der Waals surface area contributed by atoms with Gasteiger partial charge in [-0.3, -0.25) is 0 Å². The van der Waals surface area contributed by atoms with Gasteiger partial charge < -0.3 is 26.2 Å². The summed E-state index contributed by atoms with van der Waals surface area (Å²) in [5, 5.41) is 0. The lowest BCUT2D eigenvalue weighted by atomic mass is 10.4. The van der Waals surface area contributed by atoms with Crippen LogP contribution in [0.15, 0.2) is 12.2 Å². The Morgan fingerprint density at radius 3 is 2.17 bits per heavy atom. The van der Waals surface area contributed by atoms with Gasteiger partial charge in [0.15, 0.2) is 0 Å². The van der Waals surface area contributed by atoms with E-state index in [4.69, 9.17) is 4.74 Å². The third-order valence-electron chi connectivity index (χ3n) is 1.25. The zero-order chi connectivity index (χ0) is 8.91. The summed E-state index contributed by atoms with van der Waals surface area (Å²) in [5.41, 5.74) is 1.09. The van der Waals surface area contributed by atoms with Crippen molar-refractivity contribution in [2.45, 2.75) is 6.92 Å². The van der Waals surface area contributed by atoms with Crippen LogP contribution in [-0.2, 0) is 4.74 Å². The smallest absolute Gasteiger partial charge is 0.102 e. The number of rotatable bonds is 5. The Kier molecular flexibility index (Phi) is 8.10. The first-order chi connectivity index (χ1) is 4.92. The van der Waals surface area contributed by atoms with Gasteiger partial charge in [-0.05, 0) is 6.92 Å². The van der Waals surface area contributed by atoms with E-state index in [1.165, 1.54) is 0 Å². The standard InChI is InChI=1S/C9H20NO.BrH/c1-9(2)8-11-7-6-10(3,4)5;/h1,6-8H2,2-5H3;1H/q+1;/p-1. The molecule has 74 valence electrons. The molecule has 0 N–H and O–H groups in total. The molecule has 0 atom stereocenters. The second-order valence-electron chi connectivity index (χ2n) is 4.02. The molecular weight excluding hydrogens is 218 g/mol. The van der Waals surface area contributed by atoms with Crippen molar-refractivity contribution in [1.29, 1.82) is 0 Å². The Bertz CT molecular complexity index is 129. The minimum Gasteiger partial charge on any atom is -1.00 e. The van der Waals surface area contributed by atoms with Crippen LogP contribution in [0.25, 0.3) is 0 Å². The van der Waals surface area contributed by atoms with Crippen LogP contribution in [0.1, 0.15) is 6.92 Å². The molecule has 0 amide bonds. The van der Waals surface area contributed by atoms with Gasteiger partial charge in [-0.25, -0.2) is 0 Å². The summed E-state index contributed by atoms with van der Waals surface area (Å²) in [5.74, 6) is 0. The predicted octanol–water partition coefficient (Wildman–Crippen LogP) is -1.71. The minimum atomic E-state index is 0. The summed E-state index contributed by atoms with van der Waals surface area (Å²) in [4.78, 5) is 0. The highest BCUT2D eigenvalue weighted by Gasteiger charge is 2.04. The number of halogens is 1. The summed E-state index contributed by atoms with van der Waals surface area (Å²) < 4.78 is 6.31. The Balaban J connectivity index is 0. The highest BCUT2D eigenvalue weighted by molar-refractivity contribution is 4.87. The van der Waals surface area contributed by atoms with Crippen molar-refractivity contribution in [3.8, 4) is 0 Å². The Morgan fingerprint density at radius 2 is 1.83 bits per heavy atom. The van der Waals surface area contributed by atoms with Gasteiger partial charge in [-0.2, -0.15) is 0 Å². The first-order valence-corrected chi connectivity index (χ1v) is 3.94. The fraction of sp³-hybridized carbons (Fsp3) is 0.778. The van der Waals surface area contributed by atoms with Gasteiger partial charge in [0.2, 0.25) is 0 Å². The molecule has 2 nitrogen and oxygen atoms in total. The molecule has 3 heteroatoms. The second kappa shape index (κ2) is 6.63. The quantitative estimate of drug-likeness (QED) is 0.315. The van der Waals surface area contributed by atoms with E-state index in [1.54, 1.807) is 0 Å². The molecule has 0 saturated heterocycles. The monoisotopic (exact) mass is 237 g/mol. The van der Waals surface area contributed by atoms with Crippen LogP contribution >= 0.6 is 0 Å². The number of hydrogen-bond donors (Lipinski definition) is 0. The van der Waals surface area contributed by atoms with E-state index in [0.29, 0.717) is 6.61 Å². The van der Waals surface area contributed by atoms with Gasteiger partial charge in [-0.15, -0.1) is 0 Å². The summed E-state index contributed by atoms with van der Waals surface area (Å²) in [6.45, 7) is 8.30. The molecule has 0 rings (SSSR count). The summed E-state index contributed by atoms with van der Waals surface area (Å²) in [7, 11) is 6.47. The van der Waals surface area contributed by atoms with E-state index < -0.39 is 0 Å². The molecule has 0 aliphatic heterocycles. The van der Waals surface area contributed by atoms with Crippen LogP contribution in [0.3, 0.4) is 0 Å². The number of nitrogens with zero attached hydrogens (tertiary/aromatic N) is 1. The molecule has 0 aromatic carbocycles. The Hall–Kier alpha value is 0.140. The van der Waals surface area contributed by atoms with E-state index >= 15 is 0 Å². The number of hydrogen-bond acceptors (Lipinski definition) is 1. The highest BCUT2D eigenvalue weighted by Crippen LogP contribution is 1.92. The summed E-state index contributed by atoms with van der Waals surface area (Å²) in [6.07, 6.45) is 0. The van der Waals surface area contributed by atoms with E-state index in [0.717, 1.165) is 23.2 Å². The first kappa shape index (κ1) is 14.7. The first-order valence-electron chi connectivity index (χ1n) is 3.94. The Labute approximate surface area is 86.6 Å². The van der Waals surface area contributed by atoms with Crippen molar-refractivity contribution in [2.75, 3.05) is 40.9 Å². The average Bonchev–Trinajstić information content (AvgIpc) is 1.78. The van der Waals surface area contributed by atoms with E-state index in [-0.39, 0.29) is 17.0 Å². The molecule has 0 saturated carbocycles. The molecule has 0 unspecified atom stereocenters. The lowest BCUT2D eigenvalue weighted by Gasteiger charge is -2.23. The van der Waals surface area contributed by atoms with Gasteiger partial charge in [0.05, 0.1) is 34.4 Å². The van der Waals surface area contributed by atoms with Gasteiger partial charge in [0.25, 0.3) is 0 Å². The topological polar surface area (TPSA) is 9.23 Å². The zero-order valence-electron chi connectivity index (χ0n) is 8.56. The fourth-order valence-electron chi connectivity index (χ4n) is 0.585. The van der Waals surface area contributed by atoms with Crippen molar-refractivity contribution >= 4 is 0 Å². The zero-order valence-corrected chi connectivity index (χ0v) is 10.1. The summed E-state index contributed by atoms with van der Waals surface area (Å²) in [6, 6.07) is 0. The molecule has 0 aromatic rings. The third-order valence-corrected chi connectivity index (χ3v) is 1.25. The molecule has 0 heterocycles. The molecule has 0 spiro atoms. The third kappa shape index (κ3) is 12.8. The van der Waals surface area contributed by atoms with Crippen molar-refractivity contribution in [3.05, 3.63) is 12.2 Å². The maximum atomic E-state index is 5.36. The normalized spacial score (nSPS) is 10.7. The van der Waals surface area contributed by atoms with Gasteiger partial charge in [-0.1, -0.05) is 12.2 Å². The van der Waals surface area contributed by atoms with Gasteiger partial charge in [0, 0.05) is 0 Å². The van der Waals surface area contributed by atoms with Crippen LogP contribution in [0.2, 0.25) is 0 Å². The lowest BCUT2D eigenvalue weighted by Crippen LogP contribution is -3.00. The molecule has 0 aliphatic rings. The van der Waals surface area contributed by atoms with E-state index in [2.05, 4.69) is 27.7 Å². The van der Waals surface area contributed by atoms with E-state index in [9.17, 15) is 0 Å². The molecular formula is C9H20BrNO.